The first-order valence-electron chi connectivity index (χ1n) is 21.5. The Morgan fingerprint density at radius 2 is 0.746 bits per heavy atom. The maximum atomic E-state index is 6.19. The van der Waals surface area contributed by atoms with Crippen molar-refractivity contribution in [3.8, 4) is 50.2 Å². The SMILES string of the molecule is c1ccc(-c2ccccc2N(c2ccc(-c3ccc(-c4cccc5oc6ccccc6c45)cc3)cc2)c2ccc(-c3ccc(-n4c5ccccc5c5ccccc54)cc3)cc2)cc1. The number of nitrogens with zero attached hydrogens (tertiary/aromatic N) is 2. The van der Waals surface area contributed by atoms with Gasteiger partial charge in [0.2, 0.25) is 0 Å². The second-order valence-electron chi connectivity index (χ2n) is 16.1. The number of hydrogen-bond acceptors (Lipinski definition) is 2. The fraction of sp³-hybridized carbons (Fsp3) is 0. The van der Waals surface area contributed by atoms with Gasteiger partial charge in [0, 0.05) is 44.2 Å². The van der Waals surface area contributed by atoms with Crippen LogP contribution in [0.25, 0.3) is 93.9 Å². The molecule has 2 heterocycles. The molecule has 0 aliphatic carbocycles. The van der Waals surface area contributed by atoms with Gasteiger partial charge < -0.3 is 13.9 Å². The van der Waals surface area contributed by atoms with E-state index in [9.17, 15) is 0 Å². The first-order chi connectivity index (χ1) is 31.2. The summed E-state index contributed by atoms with van der Waals surface area (Å²) in [4.78, 5) is 2.38. The molecule has 0 bridgehead atoms. The minimum atomic E-state index is 0.909. The van der Waals surface area contributed by atoms with Crippen molar-refractivity contribution < 1.29 is 4.42 Å². The van der Waals surface area contributed by atoms with Gasteiger partial charge in [0.15, 0.2) is 0 Å². The van der Waals surface area contributed by atoms with Crippen molar-refractivity contribution in [2.45, 2.75) is 0 Å². The van der Waals surface area contributed by atoms with Gasteiger partial charge in [-0.05, 0) is 106 Å². The molecular weight excluding hydrogens is 765 g/mol. The van der Waals surface area contributed by atoms with Crippen molar-refractivity contribution in [2.24, 2.45) is 0 Å². The molecule has 0 N–H and O–H groups in total. The molecule has 0 spiro atoms. The van der Waals surface area contributed by atoms with Gasteiger partial charge in [-0.15, -0.1) is 0 Å². The third kappa shape index (κ3) is 6.38. The highest BCUT2D eigenvalue weighted by atomic mass is 16.3. The van der Waals surface area contributed by atoms with Crippen LogP contribution in [0, 0.1) is 0 Å². The maximum Gasteiger partial charge on any atom is 0.136 e. The Morgan fingerprint density at radius 3 is 1.38 bits per heavy atom. The van der Waals surface area contributed by atoms with Crippen molar-refractivity contribution in [3.05, 3.63) is 243 Å². The largest absolute Gasteiger partial charge is 0.456 e. The first-order valence-corrected chi connectivity index (χ1v) is 21.5. The van der Waals surface area contributed by atoms with E-state index in [4.69, 9.17) is 4.42 Å². The number of fused-ring (bicyclic) bond motifs is 6. The minimum Gasteiger partial charge on any atom is -0.456 e. The lowest BCUT2D eigenvalue weighted by Gasteiger charge is -2.28. The van der Waals surface area contributed by atoms with Gasteiger partial charge in [-0.2, -0.15) is 0 Å². The molecule has 12 rings (SSSR count). The molecule has 296 valence electrons. The van der Waals surface area contributed by atoms with Crippen molar-refractivity contribution >= 4 is 60.8 Å². The van der Waals surface area contributed by atoms with Crippen LogP contribution in [0.2, 0.25) is 0 Å². The Balaban J connectivity index is 0.881. The van der Waals surface area contributed by atoms with E-state index in [-0.39, 0.29) is 0 Å². The molecule has 0 fully saturated rings. The molecule has 0 unspecified atom stereocenters. The van der Waals surface area contributed by atoms with Gasteiger partial charge >= 0.3 is 0 Å². The van der Waals surface area contributed by atoms with E-state index in [0.29, 0.717) is 0 Å². The predicted octanol–water partition coefficient (Wildman–Crippen LogP) is 16.8. The monoisotopic (exact) mass is 804 g/mol. The Kier molecular flexibility index (Phi) is 8.83. The Labute approximate surface area is 366 Å². The number of benzene rings is 10. The van der Waals surface area contributed by atoms with Crippen molar-refractivity contribution in [2.75, 3.05) is 4.90 Å². The van der Waals surface area contributed by atoms with Crippen LogP contribution in [0.15, 0.2) is 247 Å². The average molecular weight is 805 g/mol. The highest BCUT2D eigenvalue weighted by Crippen LogP contribution is 2.43. The number of hydrogen-bond donors (Lipinski definition) is 0. The Hall–Kier alpha value is -8.40. The van der Waals surface area contributed by atoms with Crippen molar-refractivity contribution in [1.29, 1.82) is 0 Å². The van der Waals surface area contributed by atoms with E-state index >= 15 is 0 Å². The molecule has 3 nitrogen and oxygen atoms in total. The van der Waals surface area contributed by atoms with E-state index in [1.54, 1.807) is 0 Å². The van der Waals surface area contributed by atoms with Crippen LogP contribution in [-0.4, -0.2) is 4.57 Å². The van der Waals surface area contributed by atoms with E-state index in [0.717, 1.165) is 50.3 Å². The average Bonchev–Trinajstić information content (AvgIpc) is 3.91. The van der Waals surface area contributed by atoms with Crippen LogP contribution < -0.4 is 4.90 Å². The molecule has 3 heteroatoms. The van der Waals surface area contributed by atoms with Gasteiger partial charge in [0.1, 0.15) is 11.2 Å². The Morgan fingerprint density at radius 1 is 0.302 bits per heavy atom. The zero-order chi connectivity index (χ0) is 41.7. The second-order valence-corrected chi connectivity index (χ2v) is 16.1. The fourth-order valence-corrected chi connectivity index (χ4v) is 9.42. The summed E-state index contributed by atoms with van der Waals surface area (Å²) < 4.78 is 8.56. The molecule has 0 atom stereocenters. The molecular formula is C60H40N2O. The summed E-state index contributed by atoms with van der Waals surface area (Å²) in [5.41, 5.74) is 18.0. The number of furan rings is 1. The van der Waals surface area contributed by atoms with E-state index in [2.05, 4.69) is 240 Å². The quantitative estimate of drug-likeness (QED) is 0.153. The topological polar surface area (TPSA) is 21.3 Å². The molecule has 0 saturated carbocycles. The molecule has 0 aliphatic heterocycles. The maximum absolute atomic E-state index is 6.19. The number of rotatable bonds is 8. The zero-order valence-electron chi connectivity index (χ0n) is 34.4. The number of anilines is 3. The van der Waals surface area contributed by atoms with Crippen LogP contribution in [0.3, 0.4) is 0 Å². The smallest absolute Gasteiger partial charge is 0.136 e. The lowest BCUT2D eigenvalue weighted by molar-refractivity contribution is 0.669. The standard InChI is InChI=1S/C60H40N2O/c1-2-13-45(14-3-1)50-15-4-8-20-55(50)61(47-35-29-42(30-36-47)41-25-27-46(28-26-41)51-19-12-24-59-60(51)54-18-7-11-23-58(54)63-59)48-37-31-43(32-38-48)44-33-39-49(40-34-44)62-56-21-9-5-16-52(56)53-17-6-10-22-57(53)62/h1-40H. The highest BCUT2D eigenvalue weighted by Gasteiger charge is 2.19. The fourth-order valence-electron chi connectivity index (χ4n) is 9.42. The van der Waals surface area contributed by atoms with Gasteiger partial charge in [0.05, 0.1) is 16.7 Å². The van der Waals surface area contributed by atoms with Crippen LogP contribution in [0.1, 0.15) is 0 Å². The normalized spacial score (nSPS) is 11.5. The van der Waals surface area contributed by atoms with E-state index in [1.165, 1.54) is 60.8 Å². The highest BCUT2D eigenvalue weighted by molar-refractivity contribution is 6.12. The molecule has 63 heavy (non-hydrogen) atoms. The minimum absolute atomic E-state index is 0.909. The van der Waals surface area contributed by atoms with Gasteiger partial charge in [-0.3, -0.25) is 0 Å². The van der Waals surface area contributed by atoms with Crippen molar-refractivity contribution in [3.63, 3.8) is 0 Å². The van der Waals surface area contributed by atoms with Gasteiger partial charge in [0.25, 0.3) is 0 Å². The molecule has 10 aromatic carbocycles. The van der Waals surface area contributed by atoms with Crippen molar-refractivity contribution in [1.82, 2.24) is 4.57 Å². The number of para-hydroxylation sites is 4. The molecule has 0 aliphatic rings. The summed E-state index contributed by atoms with van der Waals surface area (Å²) >= 11 is 0. The Bertz CT molecular complexity index is 3530. The molecule has 12 aromatic rings. The molecule has 0 radical (unpaired) electrons. The van der Waals surface area contributed by atoms with Crippen LogP contribution in [0.5, 0.6) is 0 Å². The van der Waals surface area contributed by atoms with E-state index in [1.807, 2.05) is 12.1 Å². The third-order valence-corrected chi connectivity index (χ3v) is 12.5. The van der Waals surface area contributed by atoms with Crippen LogP contribution in [-0.2, 0) is 0 Å². The summed E-state index contributed by atoms with van der Waals surface area (Å²) in [5, 5.41) is 4.83. The summed E-state index contributed by atoms with van der Waals surface area (Å²) in [6.45, 7) is 0. The lowest BCUT2D eigenvalue weighted by atomic mass is 9.96. The molecule has 2 aromatic heterocycles. The summed E-state index contributed by atoms with van der Waals surface area (Å²) in [6, 6.07) is 87.0. The summed E-state index contributed by atoms with van der Waals surface area (Å²) in [6.07, 6.45) is 0. The lowest BCUT2D eigenvalue weighted by Crippen LogP contribution is -2.11. The predicted molar refractivity (Wildman–Crippen MR) is 264 cm³/mol. The zero-order valence-corrected chi connectivity index (χ0v) is 34.4. The number of aromatic nitrogens is 1. The molecule has 0 amide bonds. The van der Waals surface area contributed by atoms with Gasteiger partial charge in [-0.1, -0.05) is 176 Å². The molecule has 0 saturated heterocycles. The summed E-state index contributed by atoms with van der Waals surface area (Å²) in [7, 11) is 0. The summed E-state index contributed by atoms with van der Waals surface area (Å²) in [5.74, 6) is 0. The van der Waals surface area contributed by atoms with Gasteiger partial charge in [-0.25, -0.2) is 0 Å². The van der Waals surface area contributed by atoms with E-state index < -0.39 is 0 Å². The first kappa shape index (κ1) is 36.5. The third-order valence-electron chi connectivity index (χ3n) is 12.5. The van der Waals surface area contributed by atoms with Crippen LogP contribution in [0.4, 0.5) is 17.1 Å². The second kappa shape index (κ2) is 15.3. The van der Waals surface area contributed by atoms with Crippen LogP contribution >= 0.6 is 0 Å².